The van der Waals surface area contributed by atoms with E-state index in [0.717, 1.165) is 17.7 Å². The van der Waals surface area contributed by atoms with Gasteiger partial charge in [0.15, 0.2) is 0 Å². The molecule has 0 spiro atoms. The van der Waals surface area contributed by atoms with Crippen molar-refractivity contribution in [3.05, 3.63) is 52.2 Å². The summed E-state index contributed by atoms with van der Waals surface area (Å²) in [4.78, 5) is 13.9. The molecule has 1 atom stereocenters. The van der Waals surface area contributed by atoms with E-state index in [1.807, 2.05) is 30.9 Å². The van der Waals surface area contributed by atoms with Crippen LogP contribution in [0.5, 0.6) is 0 Å². The number of hydrogen-bond donors (Lipinski definition) is 3. The van der Waals surface area contributed by atoms with Gasteiger partial charge in [0.1, 0.15) is 5.60 Å². The van der Waals surface area contributed by atoms with Crippen LogP contribution in [0, 0.1) is 0 Å². The van der Waals surface area contributed by atoms with Crippen molar-refractivity contribution in [3.8, 4) is 0 Å². The molecule has 0 bridgehead atoms. The number of carbonyl (C=O) groups is 1. The van der Waals surface area contributed by atoms with Crippen LogP contribution in [0.3, 0.4) is 0 Å². The van der Waals surface area contributed by atoms with Crippen molar-refractivity contribution in [2.24, 2.45) is 0 Å². The van der Waals surface area contributed by atoms with Crippen molar-refractivity contribution in [2.75, 3.05) is 32.1 Å². The lowest BCUT2D eigenvalue weighted by Crippen LogP contribution is -2.43. The number of rotatable bonds is 7. The highest BCUT2D eigenvalue weighted by Gasteiger charge is 2.23. The maximum atomic E-state index is 11.9. The fourth-order valence-corrected chi connectivity index (χ4v) is 3.05. The van der Waals surface area contributed by atoms with Gasteiger partial charge in [-0.1, -0.05) is 12.1 Å². The van der Waals surface area contributed by atoms with Gasteiger partial charge < -0.3 is 20.6 Å². The van der Waals surface area contributed by atoms with Gasteiger partial charge in [0.2, 0.25) is 0 Å². The van der Waals surface area contributed by atoms with Crippen LogP contribution in [0.1, 0.15) is 18.1 Å². The zero-order chi connectivity index (χ0) is 17.6. The molecule has 2 aromatic rings. The van der Waals surface area contributed by atoms with E-state index in [9.17, 15) is 9.90 Å². The number of thiophene rings is 1. The van der Waals surface area contributed by atoms with Gasteiger partial charge >= 0.3 is 6.03 Å². The monoisotopic (exact) mass is 347 g/mol. The minimum Gasteiger partial charge on any atom is -0.384 e. The molecule has 0 saturated carbocycles. The zero-order valence-electron chi connectivity index (χ0n) is 14.4. The number of aliphatic hydroxyl groups is 1. The Morgan fingerprint density at radius 1 is 1.21 bits per heavy atom. The van der Waals surface area contributed by atoms with E-state index in [1.54, 1.807) is 6.92 Å². The SMILES string of the molecule is CN(C)c1ccc(CCNC(=O)NCC(C)(O)c2ccsc2)cc1. The quantitative estimate of drug-likeness (QED) is 0.721. The summed E-state index contributed by atoms with van der Waals surface area (Å²) in [5, 5.41) is 19.7. The maximum Gasteiger partial charge on any atom is 0.314 e. The van der Waals surface area contributed by atoms with Crippen molar-refractivity contribution in [1.82, 2.24) is 10.6 Å². The molecule has 1 aromatic carbocycles. The average molecular weight is 347 g/mol. The summed E-state index contributed by atoms with van der Waals surface area (Å²) >= 11 is 1.52. The molecule has 0 aliphatic heterocycles. The highest BCUT2D eigenvalue weighted by atomic mass is 32.1. The summed E-state index contributed by atoms with van der Waals surface area (Å²) in [7, 11) is 4.01. The molecule has 0 aliphatic carbocycles. The van der Waals surface area contributed by atoms with E-state index in [-0.39, 0.29) is 12.6 Å². The van der Waals surface area contributed by atoms with Crippen LogP contribution in [0.4, 0.5) is 10.5 Å². The molecule has 0 aliphatic rings. The van der Waals surface area contributed by atoms with Crippen molar-refractivity contribution < 1.29 is 9.90 Å². The lowest BCUT2D eigenvalue weighted by Gasteiger charge is -2.22. The second-order valence-corrected chi connectivity index (χ2v) is 6.99. The van der Waals surface area contributed by atoms with Crippen molar-refractivity contribution in [3.63, 3.8) is 0 Å². The van der Waals surface area contributed by atoms with Crippen molar-refractivity contribution >= 4 is 23.1 Å². The zero-order valence-corrected chi connectivity index (χ0v) is 15.2. The first-order valence-corrected chi connectivity index (χ1v) is 8.86. The topological polar surface area (TPSA) is 64.6 Å². The van der Waals surface area contributed by atoms with Gasteiger partial charge in [0.05, 0.1) is 6.54 Å². The summed E-state index contributed by atoms with van der Waals surface area (Å²) in [5.41, 5.74) is 2.08. The van der Waals surface area contributed by atoms with E-state index in [4.69, 9.17) is 0 Å². The molecular formula is C18H25N3O2S. The Bertz CT molecular complexity index is 637. The van der Waals surface area contributed by atoms with Crippen LogP contribution < -0.4 is 15.5 Å². The largest absolute Gasteiger partial charge is 0.384 e. The van der Waals surface area contributed by atoms with Gasteiger partial charge in [-0.25, -0.2) is 4.79 Å². The molecule has 2 amide bonds. The van der Waals surface area contributed by atoms with Crippen molar-refractivity contribution in [1.29, 1.82) is 0 Å². The number of amides is 2. The third-order valence-corrected chi connectivity index (χ3v) is 4.57. The second-order valence-electron chi connectivity index (χ2n) is 6.21. The number of nitrogens with zero attached hydrogens (tertiary/aromatic N) is 1. The second kappa shape index (κ2) is 8.17. The third-order valence-electron chi connectivity index (χ3n) is 3.89. The fourth-order valence-electron chi connectivity index (χ4n) is 2.27. The number of urea groups is 1. The Hall–Kier alpha value is -2.05. The maximum absolute atomic E-state index is 11.9. The number of carbonyl (C=O) groups excluding carboxylic acids is 1. The Balaban J connectivity index is 1.71. The predicted octanol–water partition coefficient (Wildman–Crippen LogP) is 2.56. The Labute approximate surface area is 147 Å². The molecule has 1 heterocycles. The summed E-state index contributed by atoms with van der Waals surface area (Å²) in [5.74, 6) is 0. The first kappa shape index (κ1) is 18.3. The lowest BCUT2D eigenvalue weighted by molar-refractivity contribution is 0.0598. The van der Waals surface area contributed by atoms with Gasteiger partial charge in [-0.05, 0) is 53.4 Å². The van der Waals surface area contributed by atoms with Gasteiger partial charge in [-0.3, -0.25) is 0 Å². The van der Waals surface area contributed by atoms with Crippen LogP contribution in [-0.4, -0.2) is 38.3 Å². The highest BCUT2D eigenvalue weighted by molar-refractivity contribution is 7.08. The minimum atomic E-state index is -1.06. The van der Waals surface area contributed by atoms with Crippen LogP contribution >= 0.6 is 11.3 Å². The summed E-state index contributed by atoms with van der Waals surface area (Å²) < 4.78 is 0. The van der Waals surface area contributed by atoms with Crippen LogP contribution in [0.25, 0.3) is 0 Å². The van der Waals surface area contributed by atoms with E-state index < -0.39 is 5.60 Å². The molecule has 1 unspecified atom stereocenters. The molecule has 3 N–H and O–H groups in total. The van der Waals surface area contributed by atoms with Crippen LogP contribution in [-0.2, 0) is 12.0 Å². The van der Waals surface area contributed by atoms with E-state index in [2.05, 4.69) is 39.8 Å². The lowest BCUT2D eigenvalue weighted by atomic mass is 9.99. The summed E-state index contributed by atoms with van der Waals surface area (Å²) in [6.45, 7) is 2.42. The Morgan fingerprint density at radius 3 is 2.50 bits per heavy atom. The van der Waals surface area contributed by atoms with Crippen LogP contribution in [0.15, 0.2) is 41.1 Å². The first-order valence-electron chi connectivity index (χ1n) is 7.91. The molecule has 1 aromatic heterocycles. The Kier molecular flexibility index (Phi) is 6.23. The predicted molar refractivity (Wildman–Crippen MR) is 99.8 cm³/mol. The van der Waals surface area contributed by atoms with E-state index in [1.165, 1.54) is 16.9 Å². The molecule has 5 nitrogen and oxygen atoms in total. The molecule has 6 heteroatoms. The molecule has 0 radical (unpaired) electrons. The normalized spacial score (nSPS) is 13.2. The smallest absolute Gasteiger partial charge is 0.314 e. The summed E-state index contributed by atoms with van der Waals surface area (Å²) in [6, 6.07) is 9.85. The van der Waals surface area contributed by atoms with Crippen LogP contribution in [0.2, 0.25) is 0 Å². The number of anilines is 1. The average Bonchev–Trinajstić information content (AvgIpc) is 3.09. The molecule has 2 rings (SSSR count). The standard InChI is InChI=1S/C18H25N3O2S/c1-18(23,15-9-11-24-12-15)13-20-17(22)19-10-8-14-4-6-16(7-5-14)21(2)3/h4-7,9,11-12,23H,8,10,13H2,1-3H3,(H2,19,20,22). The van der Waals surface area contributed by atoms with Crippen molar-refractivity contribution in [2.45, 2.75) is 18.9 Å². The van der Waals surface area contributed by atoms with E-state index >= 15 is 0 Å². The molecule has 24 heavy (non-hydrogen) atoms. The number of nitrogens with one attached hydrogen (secondary N) is 2. The molecule has 0 fully saturated rings. The third kappa shape index (κ3) is 5.25. The molecule has 130 valence electrons. The number of hydrogen-bond acceptors (Lipinski definition) is 4. The number of benzene rings is 1. The van der Waals surface area contributed by atoms with E-state index in [0.29, 0.717) is 6.54 Å². The Morgan fingerprint density at radius 2 is 1.92 bits per heavy atom. The highest BCUT2D eigenvalue weighted by Crippen LogP contribution is 2.21. The van der Waals surface area contributed by atoms with Gasteiger partial charge in [0.25, 0.3) is 0 Å². The molecule has 0 saturated heterocycles. The fraction of sp³-hybridized carbons (Fsp3) is 0.389. The first-order chi connectivity index (χ1) is 11.4. The summed E-state index contributed by atoms with van der Waals surface area (Å²) in [6.07, 6.45) is 0.766. The van der Waals surface area contributed by atoms with Gasteiger partial charge in [-0.2, -0.15) is 11.3 Å². The van der Waals surface area contributed by atoms with Gasteiger partial charge in [-0.15, -0.1) is 0 Å². The minimum absolute atomic E-state index is 0.174. The molecular weight excluding hydrogens is 322 g/mol. The van der Waals surface area contributed by atoms with Gasteiger partial charge in [0, 0.05) is 26.3 Å².